The number of aliphatic carboxylic acids is 1. The molecule has 0 saturated heterocycles. The van der Waals surface area contributed by atoms with E-state index in [9.17, 15) is 9.59 Å². The molecule has 17 heavy (non-hydrogen) atoms. The van der Waals surface area contributed by atoms with Gasteiger partial charge in [0.05, 0.1) is 19.3 Å². The van der Waals surface area contributed by atoms with E-state index >= 15 is 0 Å². The Bertz CT molecular complexity index is 241. The molecule has 0 rings (SSSR count). The van der Waals surface area contributed by atoms with Gasteiger partial charge in [-0.3, -0.25) is 0 Å². The number of rotatable bonds is 8. The van der Waals surface area contributed by atoms with Crippen molar-refractivity contribution in [3.8, 4) is 0 Å². The number of nitrogens with one attached hydrogen (secondary N) is 2. The van der Waals surface area contributed by atoms with Crippen LogP contribution in [0.15, 0.2) is 0 Å². The molecule has 0 aliphatic carbocycles. The molecule has 2 amide bonds. The van der Waals surface area contributed by atoms with E-state index in [1.807, 2.05) is 6.92 Å². The van der Waals surface area contributed by atoms with Gasteiger partial charge in [-0.05, 0) is 6.42 Å². The van der Waals surface area contributed by atoms with Gasteiger partial charge < -0.3 is 25.6 Å². The van der Waals surface area contributed by atoms with Crippen LogP contribution < -0.4 is 10.6 Å². The van der Waals surface area contributed by atoms with E-state index in [2.05, 4.69) is 10.6 Å². The lowest BCUT2D eigenvalue weighted by Gasteiger charge is -2.19. The van der Waals surface area contributed by atoms with Crippen LogP contribution in [-0.2, 0) is 9.53 Å². The van der Waals surface area contributed by atoms with Crippen LogP contribution in [0.3, 0.4) is 0 Å². The predicted octanol–water partition coefficient (Wildman–Crippen LogP) is -0.454. The molecule has 0 bridgehead atoms. The zero-order valence-corrected chi connectivity index (χ0v) is 10.1. The zero-order valence-electron chi connectivity index (χ0n) is 10.1. The summed E-state index contributed by atoms with van der Waals surface area (Å²) in [6, 6.07) is -2.08. The lowest BCUT2D eigenvalue weighted by Crippen LogP contribution is -2.51. The van der Waals surface area contributed by atoms with E-state index in [1.165, 1.54) is 7.11 Å². The summed E-state index contributed by atoms with van der Waals surface area (Å²) >= 11 is 0. The predicted molar refractivity (Wildman–Crippen MR) is 60.7 cm³/mol. The van der Waals surface area contributed by atoms with Crippen molar-refractivity contribution in [3.63, 3.8) is 0 Å². The highest BCUT2D eigenvalue weighted by Crippen LogP contribution is 1.97. The number of ether oxygens (including phenoxy) is 1. The van der Waals surface area contributed by atoms with Gasteiger partial charge in [0, 0.05) is 7.11 Å². The number of methoxy groups -OCH3 is 1. The van der Waals surface area contributed by atoms with E-state index in [1.54, 1.807) is 0 Å². The van der Waals surface area contributed by atoms with Gasteiger partial charge in [-0.2, -0.15) is 0 Å². The fraction of sp³-hybridized carbons (Fsp3) is 0.800. The quantitative estimate of drug-likeness (QED) is 0.465. The van der Waals surface area contributed by atoms with Crippen molar-refractivity contribution >= 4 is 12.0 Å². The Hall–Kier alpha value is -1.34. The Balaban J connectivity index is 4.16. The minimum atomic E-state index is -1.29. The van der Waals surface area contributed by atoms with E-state index in [-0.39, 0.29) is 6.04 Å². The van der Waals surface area contributed by atoms with Crippen molar-refractivity contribution in [3.05, 3.63) is 0 Å². The van der Waals surface area contributed by atoms with Crippen molar-refractivity contribution in [1.82, 2.24) is 10.6 Å². The average Bonchev–Trinajstić information content (AvgIpc) is 2.26. The number of amides is 2. The number of aliphatic hydroxyl groups excluding tert-OH is 1. The Kier molecular flexibility index (Phi) is 8.08. The molecule has 0 aromatic rings. The van der Waals surface area contributed by atoms with Crippen LogP contribution in [0, 0.1) is 0 Å². The topological polar surface area (TPSA) is 108 Å². The Morgan fingerprint density at radius 3 is 2.41 bits per heavy atom. The summed E-state index contributed by atoms with van der Waals surface area (Å²) in [4.78, 5) is 22.0. The normalized spacial score (nSPS) is 13.8. The summed E-state index contributed by atoms with van der Waals surface area (Å²) in [5.41, 5.74) is 0. The molecule has 0 aromatic heterocycles. The van der Waals surface area contributed by atoms with Gasteiger partial charge in [0.15, 0.2) is 6.04 Å². The first-order valence-corrected chi connectivity index (χ1v) is 5.44. The fourth-order valence-corrected chi connectivity index (χ4v) is 1.32. The molecule has 0 aliphatic heterocycles. The minimum absolute atomic E-state index is 0.168. The molecule has 0 spiro atoms. The highest BCUT2D eigenvalue weighted by Gasteiger charge is 2.20. The standard InChI is InChI=1S/C10H20N2O5/c1-3-4-7(6-17-2)11-10(16)12-8(5-13)9(14)15/h7-8,13H,3-6H2,1-2H3,(H,14,15)(H2,11,12,16)/t7?,8-/m0/s1. The Morgan fingerprint density at radius 2 is 2.00 bits per heavy atom. The fourth-order valence-electron chi connectivity index (χ4n) is 1.32. The average molecular weight is 248 g/mol. The summed E-state index contributed by atoms with van der Waals surface area (Å²) in [6.07, 6.45) is 1.61. The molecule has 0 aromatic carbocycles. The molecule has 4 N–H and O–H groups in total. The third-order valence-corrected chi connectivity index (χ3v) is 2.13. The first-order chi connectivity index (χ1) is 8.04. The summed E-state index contributed by atoms with van der Waals surface area (Å²) in [5, 5.41) is 22.1. The number of carbonyl (C=O) groups excluding carboxylic acids is 1. The number of aliphatic hydroxyl groups is 1. The Labute approximate surface area is 100 Å². The molecule has 7 nitrogen and oxygen atoms in total. The number of carbonyl (C=O) groups is 2. The minimum Gasteiger partial charge on any atom is -0.480 e. The monoisotopic (exact) mass is 248 g/mol. The highest BCUT2D eigenvalue weighted by atomic mass is 16.5. The van der Waals surface area contributed by atoms with Gasteiger partial charge >= 0.3 is 12.0 Å². The van der Waals surface area contributed by atoms with Gasteiger partial charge in [-0.1, -0.05) is 13.3 Å². The first-order valence-electron chi connectivity index (χ1n) is 5.44. The maximum atomic E-state index is 11.4. The van der Waals surface area contributed by atoms with Crippen molar-refractivity contribution < 1.29 is 24.5 Å². The van der Waals surface area contributed by atoms with Crippen LogP contribution in [0.2, 0.25) is 0 Å². The van der Waals surface area contributed by atoms with Crippen molar-refractivity contribution in [2.24, 2.45) is 0 Å². The number of hydrogen-bond donors (Lipinski definition) is 4. The van der Waals surface area contributed by atoms with Crippen LogP contribution in [-0.4, -0.2) is 54.6 Å². The molecule has 0 heterocycles. The second kappa shape index (κ2) is 8.77. The molecule has 0 radical (unpaired) electrons. The summed E-state index contributed by atoms with van der Waals surface area (Å²) in [7, 11) is 1.52. The molecule has 0 aliphatic rings. The van der Waals surface area contributed by atoms with Crippen LogP contribution in [0.25, 0.3) is 0 Å². The Morgan fingerprint density at radius 1 is 1.35 bits per heavy atom. The molecular formula is C10H20N2O5. The van der Waals surface area contributed by atoms with Crippen LogP contribution >= 0.6 is 0 Å². The third-order valence-electron chi connectivity index (χ3n) is 2.13. The lowest BCUT2D eigenvalue weighted by atomic mass is 10.2. The van der Waals surface area contributed by atoms with Gasteiger partial charge in [-0.15, -0.1) is 0 Å². The molecule has 1 unspecified atom stereocenters. The number of carboxylic acid groups (broad SMARTS) is 1. The molecule has 7 heteroatoms. The van der Waals surface area contributed by atoms with Gasteiger partial charge in [0.25, 0.3) is 0 Å². The molecular weight excluding hydrogens is 228 g/mol. The lowest BCUT2D eigenvalue weighted by molar-refractivity contribution is -0.140. The first kappa shape index (κ1) is 15.7. The van der Waals surface area contributed by atoms with Crippen LogP contribution in [0.4, 0.5) is 4.79 Å². The summed E-state index contributed by atoms with van der Waals surface area (Å²) in [5.74, 6) is -1.28. The zero-order chi connectivity index (χ0) is 13.3. The maximum absolute atomic E-state index is 11.4. The van der Waals surface area contributed by atoms with E-state index in [4.69, 9.17) is 14.9 Å². The smallest absolute Gasteiger partial charge is 0.328 e. The van der Waals surface area contributed by atoms with Gasteiger partial charge in [-0.25, -0.2) is 9.59 Å². The van der Waals surface area contributed by atoms with Crippen LogP contribution in [0.1, 0.15) is 19.8 Å². The molecule has 2 atom stereocenters. The third kappa shape index (κ3) is 6.75. The number of carboxylic acids is 1. The van der Waals surface area contributed by atoms with E-state index in [0.717, 1.165) is 12.8 Å². The van der Waals surface area contributed by atoms with Gasteiger partial charge in [0.1, 0.15) is 0 Å². The maximum Gasteiger partial charge on any atom is 0.328 e. The largest absolute Gasteiger partial charge is 0.480 e. The van der Waals surface area contributed by atoms with E-state index < -0.39 is 24.6 Å². The van der Waals surface area contributed by atoms with Crippen molar-refractivity contribution in [2.75, 3.05) is 20.3 Å². The second-order valence-electron chi connectivity index (χ2n) is 3.63. The van der Waals surface area contributed by atoms with Crippen LogP contribution in [0.5, 0.6) is 0 Å². The summed E-state index contributed by atoms with van der Waals surface area (Å²) < 4.78 is 4.93. The number of urea groups is 1. The second-order valence-corrected chi connectivity index (χ2v) is 3.63. The molecule has 100 valence electrons. The highest BCUT2D eigenvalue weighted by molar-refractivity contribution is 5.82. The molecule has 0 saturated carbocycles. The SMILES string of the molecule is CCCC(COC)NC(=O)N[C@@H](CO)C(=O)O. The molecule has 0 fully saturated rings. The van der Waals surface area contributed by atoms with E-state index in [0.29, 0.717) is 6.61 Å². The number of hydrogen-bond acceptors (Lipinski definition) is 4. The van der Waals surface area contributed by atoms with Gasteiger partial charge in [0.2, 0.25) is 0 Å². The van der Waals surface area contributed by atoms with Crippen molar-refractivity contribution in [1.29, 1.82) is 0 Å². The van der Waals surface area contributed by atoms with Crippen molar-refractivity contribution in [2.45, 2.75) is 31.8 Å². The summed E-state index contributed by atoms with van der Waals surface area (Å²) in [6.45, 7) is 1.68.